The molecule has 0 aliphatic heterocycles. The summed E-state index contributed by atoms with van der Waals surface area (Å²) >= 11 is 0. The molecule has 68 valence electrons. The maximum atomic E-state index is 12.9. The summed E-state index contributed by atoms with van der Waals surface area (Å²) in [5.41, 5.74) is -0.293. The fourth-order valence-electron chi connectivity index (χ4n) is 0.879. The minimum absolute atomic E-state index is 0.293. The van der Waals surface area contributed by atoms with Crippen molar-refractivity contribution in [2.24, 2.45) is 7.05 Å². The Balaban J connectivity index is 2.81. The first-order valence-electron chi connectivity index (χ1n) is 3.55. The van der Waals surface area contributed by atoms with E-state index < -0.39 is 19.0 Å². The SMILES string of the molecule is Cn1ccc(C(F)(F)CCO)n1. The summed E-state index contributed by atoms with van der Waals surface area (Å²) in [6.45, 7) is -0.538. The van der Waals surface area contributed by atoms with Crippen LogP contribution in [0, 0.1) is 0 Å². The summed E-state index contributed by atoms with van der Waals surface area (Å²) in [5, 5.41) is 11.9. The van der Waals surface area contributed by atoms with Gasteiger partial charge in [-0.3, -0.25) is 4.68 Å². The number of rotatable bonds is 3. The molecule has 3 nitrogen and oxygen atoms in total. The molecule has 0 aromatic carbocycles. The maximum Gasteiger partial charge on any atom is 0.293 e. The van der Waals surface area contributed by atoms with E-state index in [4.69, 9.17) is 5.11 Å². The average molecular weight is 176 g/mol. The molecule has 0 saturated heterocycles. The highest BCUT2D eigenvalue weighted by molar-refractivity contribution is 5.06. The molecular weight excluding hydrogens is 166 g/mol. The van der Waals surface area contributed by atoms with E-state index in [-0.39, 0.29) is 5.69 Å². The van der Waals surface area contributed by atoms with Crippen LogP contribution in [0.1, 0.15) is 12.1 Å². The van der Waals surface area contributed by atoms with Gasteiger partial charge < -0.3 is 5.11 Å². The van der Waals surface area contributed by atoms with Crippen LogP contribution in [0.2, 0.25) is 0 Å². The number of alkyl halides is 2. The topological polar surface area (TPSA) is 38.0 Å². The van der Waals surface area contributed by atoms with Gasteiger partial charge in [0.1, 0.15) is 5.69 Å². The molecule has 0 radical (unpaired) electrons. The van der Waals surface area contributed by atoms with Gasteiger partial charge in [0.2, 0.25) is 0 Å². The molecule has 0 saturated carbocycles. The lowest BCUT2D eigenvalue weighted by Crippen LogP contribution is -2.16. The molecule has 1 aromatic heterocycles. The molecule has 0 atom stereocenters. The Hall–Kier alpha value is -0.970. The zero-order chi connectivity index (χ0) is 9.19. The zero-order valence-electron chi connectivity index (χ0n) is 6.67. The summed E-state index contributed by atoms with van der Waals surface area (Å²) in [5.74, 6) is -3.02. The summed E-state index contributed by atoms with van der Waals surface area (Å²) in [6, 6.07) is 1.25. The van der Waals surface area contributed by atoms with E-state index in [1.165, 1.54) is 16.9 Å². The Morgan fingerprint density at radius 3 is 2.75 bits per heavy atom. The first kappa shape index (κ1) is 9.12. The number of aliphatic hydroxyl groups excluding tert-OH is 1. The summed E-state index contributed by atoms with van der Waals surface area (Å²) in [7, 11) is 1.57. The van der Waals surface area contributed by atoms with Crippen molar-refractivity contribution in [3.8, 4) is 0 Å². The van der Waals surface area contributed by atoms with Crippen LogP contribution < -0.4 is 0 Å². The third-order valence-electron chi connectivity index (χ3n) is 1.51. The van der Waals surface area contributed by atoms with E-state index in [1.807, 2.05) is 0 Å². The van der Waals surface area contributed by atoms with Gasteiger partial charge >= 0.3 is 0 Å². The number of hydrogen-bond donors (Lipinski definition) is 1. The zero-order valence-corrected chi connectivity index (χ0v) is 6.67. The third kappa shape index (κ3) is 1.79. The smallest absolute Gasteiger partial charge is 0.293 e. The lowest BCUT2D eigenvalue weighted by molar-refractivity contribution is -0.0314. The highest BCUT2D eigenvalue weighted by Gasteiger charge is 2.33. The first-order valence-corrected chi connectivity index (χ1v) is 3.55. The second-order valence-electron chi connectivity index (χ2n) is 2.55. The van der Waals surface area contributed by atoms with Crippen LogP contribution in [0.25, 0.3) is 0 Å². The van der Waals surface area contributed by atoms with E-state index in [1.54, 1.807) is 7.05 Å². The van der Waals surface area contributed by atoms with Crippen molar-refractivity contribution in [3.05, 3.63) is 18.0 Å². The van der Waals surface area contributed by atoms with Gasteiger partial charge in [-0.15, -0.1) is 0 Å². The van der Waals surface area contributed by atoms with Crippen LogP contribution in [0.4, 0.5) is 8.78 Å². The van der Waals surface area contributed by atoms with E-state index in [0.29, 0.717) is 0 Å². The van der Waals surface area contributed by atoms with Gasteiger partial charge in [0.25, 0.3) is 5.92 Å². The third-order valence-corrected chi connectivity index (χ3v) is 1.51. The minimum Gasteiger partial charge on any atom is -0.396 e. The lowest BCUT2D eigenvalue weighted by atomic mass is 10.2. The average Bonchev–Trinajstić information content (AvgIpc) is 2.36. The molecule has 12 heavy (non-hydrogen) atoms. The maximum absolute atomic E-state index is 12.9. The van der Waals surface area contributed by atoms with E-state index in [9.17, 15) is 8.78 Å². The highest BCUT2D eigenvalue weighted by Crippen LogP contribution is 2.29. The second kappa shape index (κ2) is 3.18. The fraction of sp³-hybridized carbons (Fsp3) is 0.571. The summed E-state index contributed by atoms with van der Waals surface area (Å²) in [4.78, 5) is 0. The Kier molecular flexibility index (Phi) is 2.42. The predicted molar refractivity (Wildman–Crippen MR) is 38.8 cm³/mol. The van der Waals surface area contributed by atoms with E-state index >= 15 is 0 Å². The molecule has 0 unspecified atom stereocenters. The molecule has 0 bridgehead atoms. The van der Waals surface area contributed by atoms with Gasteiger partial charge in [-0.1, -0.05) is 0 Å². The fourth-order valence-corrected chi connectivity index (χ4v) is 0.879. The van der Waals surface area contributed by atoms with Gasteiger partial charge in [0.15, 0.2) is 0 Å². The Bertz CT molecular complexity index is 260. The standard InChI is InChI=1S/C7H10F2N2O/c1-11-4-2-6(10-11)7(8,9)3-5-12/h2,4,12H,3,5H2,1H3. The number of nitrogens with zero attached hydrogens (tertiary/aromatic N) is 2. The number of aliphatic hydroxyl groups is 1. The second-order valence-corrected chi connectivity index (χ2v) is 2.55. The van der Waals surface area contributed by atoms with Crippen LogP contribution in [-0.4, -0.2) is 21.5 Å². The molecule has 0 aliphatic carbocycles. The van der Waals surface area contributed by atoms with Crippen LogP contribution in [-0.2, 0) is 13.0 Å². The van der Waals surface area contributed by atoms with Crippen molar-refractivity contribution in [2.75, 3.05) is 6.61 Å². The van der Waals surface area contributed by atoms with Crippen molar-refractivity contribution >= 4 is 0 Å². The van der Waals surface area contributed by atoms with Crippen LogP contribution in [0.3, 0.4) is 0 Å². The molecule has 0 spiro atoms. The van der Waals surface area contributed by atoms with Crippen molar-refractivity contribution < 1.29 is 13.9 Å². The molecule has 1 heterocycles. The molecule has 0 aliphatic rings. The van der Waals surface area contributed by atoms with E-state index in [0.717, 1.165) is 0 Å². The van der Waals surface area contributed by atoms with Crippen LogP contribution in [0.15, 0.2) is 12.3 Å². The molecule has 5 heteroatoms. The molecule has 0 amide bonds. The largest absolute Gasteiger partial charge is 0.396 e. The summed E-state index contributed by atoms with van der Waals surface area (Å²) in [6.07, 6.45) is 0.866. The van der Waals surface area contributed by atoms with Crippen LogP contribution in [0.5, 0.6) is 0 Å². The van der Waals surface area contributed by atoms with Crippen LogP contribution >= 0.6 is 0 Å². The van der Waals surface area contributed by atoms with Crippen molar-refractivity contribution in [3.63, 3.8) is 0 Å². The van der Waals surface area contributed by atoms with Crippen molar-refractivity contribution in [2.45, 2.75) is 12.3 Å². The number of hydrogen-bond acceptors (Lipinski definition) is 2. The Morgan fingerprint density at radius 2 is 2.33 bits per heavy atom. The molecule has 1 N–H and O–H groups in total. The van der Waals surface area contributed by atoms with Gasteiger partial charge in [0.05, 0.1) is 0 Å². The molecular formula is C7H10F2N2O. The van der Waals surface area contributed by atoms with Crippen molar-refractivity contribution in [1.82, 2.24) is 9.78 Å². The summed E-state index contributed by atoms with van der Waals surface area (Å²) < 4.78 is 27.2. The predicted octanol–water partition coefficient (Wildman–Crippen LogP) is 0.894. The monoisotopic (exact) mass is 176 g/mol. The van der Waals surface area contributed by atoms with Crippen molar-refractivity contribution in [1.29, 1.82) is 0 Å². The Labute approximate surface area is 68.6 Å². The molecule has 0 fully saturated rings. The minimum atomic E-state index is -3.02. The highest BCUT2D eigenvalue weighted by atomic mass is 19.3. The van der Waals surface area contributed by atoms with Gasteiger partial charge in [-0.05, 0) is 6.07 Å². The lowest BCUT2D eigenvalue weighted by Gasteiger charge is -2.10. The van der Waals surface area contributed by atoms with Gasteiger partial charge in [0, 0.05) is 26.3 Å². The number of aryl methyl sites for hydroxylation is 1. The Morgan fingerprint density at radius 1 is 1.67 bits per heavy atom. The van der Waals surface area contributed by atoms with Gasteiger partial charge in [-0.25, -0.2) is 0 Å². The number of aromatic nitrogens is 2. The first-order chi connectivity index (χ1) is 5.56. The van der Waals surface area contributed by atoms with E-state index in [2.05, 4.69) is 5.10 Å². The normalized spacial score (nSPS) is 12.0. The number of halogens is 2. The van der Waals surface area contributed by atoms with Gasteiger partial charge in [-0.2, -0.15) is 13.9 Å². The molecule has 1 aromatic rings. The molecule has 1 rings (SSSR count). The quantitative estimate of drug-likeness (QED) is 0.742.